The van der Waals surface area contributed by atoms with Gasteiger partial charge >= 0.3 is 0 Å². The second kappa shape index (κ2) is 10.7. The molecular weight excluding hydrogens is 488 g/mol. The van der Waals surface area contributed by atoms with Crippen LogP contribution in [0.25, 0.3) is 11.1 Å². The molecule has 2 heterocycles. The summed E-state index contributed by atoms with van der Waals surface area (Å²) in [6.45, 7) is 9.14. The highest BCUT2D eigenvalue weighted by Gasteiger charge is 2.31. The Hall–Kier alpha value is -3.58. The van der Waals surface area contributed by atoms with Crippen LogP contribution in [0, 0.1) is 5.92 Å². The number of aromatic hydroxyl groups is 2. The van der Waals surface area contributed by atoms with Gasteiger partial charge in [0.2, 0.25) is 0 Å². The van der Waals surface area contributed by atoms with Crippen LogP contribution in [0.3, 0.4) is 0 Å². The van der Waals surface area contributed by atoms with Crippen LogP contribution in [0.1, 0.15) is 62.0 Å². The van der Waals surface area contributed by atoms with Crippen molar-refractivity contribution < 1.29 is 28.5 Å². The van der Waals surface area contributed by atoms with E-state index in [0.29, 0.717) is 35.1 Å². The predicted octanol–water partition coefficient (Wildman–Crippen LogP) is 7.21. The van der Waals surface area contributed by atoms with Gasteiger partial charge in [-0.15, -0.1) is 0 Å². The van der Waals surface area contributed by atoms with Crippen molar-refractivity contribution in [1.82, 2.24) is 4.90 Å². The van der Waals surface area contributed by atoms with Gasteiger partial charge in [0.05, 0.1) is 5.56 Å². The van der Waals surface area contributed by atoms with Crippen molar-refractivity contribution >= 4 is 11.1 Å². The maximum atomic E-state index is 13.6. The molecule has 1 unspecified atom stereocenters. The zero-order valence-corrected chi connectivity index (χ0v) is 21.8. The van der Waals surface area contributed by atoms with Crippen LogP contribution in [-0.2, 0) is 0 Å². The van der Waals surface area contributed by atoms with Crippen molar-refractivity contribution in [3.05, 3.63) is 82.9 Å². The Morgan fingerprint density at radius 1 is 1.05 bits per heavy atom. The van der Waals surface area contributed by atoms with Crippen LogP contribution < -0.4 is 9.47 Å². The number of alkyl halides is 2. The molecular formula is C31H33F2NO4. The smallest absolute Gasteiger partial charge is 0.267 e. The number of hydrogen-bond donors (Lipinski definition) is 2. The van der Waals surface area contributed by atoms with Crippen LogP contribution in [0.15, 0.2) is 60.7 Å². The molecule has 7 heteroatoms. The van der Waals surface area contributed by atoms with Gasteiger partial charge in [-0.1, -0.05) is 25.1 Å². The van der Waals surface area contributed by atoms with Crippen LogP contribution >= 0.6 is 0 Å². The minimum Gasteiger partial charge on any atom is -0.508 e. The largest absolute Gasteiger partial charge is 0.508 e. The lowest BCUT2D eigenvalue weighted by atomic mass is 9.85. The first kappa shape index (κ1) is 26.0. The number of hydrogen-bond acceptors (Lipinski definition) is 5. The van der Waals surface area contributed by atoms with E-state index in [-0.39, 0.29) is 5.75 Å². The second-order valence-corrected chi connectivity index (χ2v) is 10.4. The van der Waals surface area contributed by atoms with Gasteiger partial charge in [0.1, 0.15) is 35.7 Å². The summed E-state index contributed by atoms with van der Waals surface area (Å²) in [4.78, 5) is 2.45. The third kappa shape index (κ3) is 5.20. The van der Waals surface area contributed by atoms with Crippen molar-refractivity contribution in [1.29, 1.82) is 0 Å². The molecule has 2 aliphatic rings. The Morgan fingerprint density at radius 3 is 2.50 bits per heavy atom. The number of ether oxygens (including phenoxy) is 2. The summed E-state index contributed by atoms with van der Waals surface area (Å²) < 4.78 is 39.7. The molecule has 1 fully saturated rings. The van der Waals surface area contributed by atoms with Gasteiger partial charge in [-0.25, -0.2) is 8.78 Å². The van der Waals surface area contributed by atoms with Crippen LogP contribution in [0.2, 0.25) is 0 Å². The third-order valence-corrected chi connectivity index (χ3v) is 7.60. The first-order valence-electron chi connectivity index (χ1n) is 13.0. The van der Waals surface area contributed by atoms with E-state index < -0.39 is 23.8 Å². The lowest BCUT2D eigenvalue weighted by Gasteiger charge is -2.31. The monoisotopic (exact) mass is 521 g/mol. The summed E-state index contributed by atoms with van der Waals surface area (Å²) in [7, 11) is 0. The van der Waals surface area contributed by atoms with E-state index in [1.807, 2.05) is 31.2 Å². The summed E-state index contributed by atoms with van der Waals surface area (Å²) >= 11 is 0. The molecule has 2 aliphatic heterocycles. The van der Waals surface area contributed by atoms with Gasteiger partial charge in [-0.3, -0.25) is 4.90 Å². The molecule has 5 rings (SSSR count). The minimum atomic E-state index is -2.82. The number of likely N-dealkylation sites (tertiary alicyclic amines) is 1. The van der Waals surface area contributed by atoms with E-state index in [0.717, 1.165) is 35.9 Å². The Balaban J connectivity index is 1.45. The van der Waals surface area contributed by atoms with E-state index in [4.69, 9.17) is 9.47 Å². The quantitative estimate of drug-likeness (QED) is 0.344. The maximum absolute atomic E-state index is 13.6. The lowest BCUT2D eigenvalue weighted by Crippen LogP contribution is -2.35. The van der Waals surface area contributed by atoms with Crippen molar-refractivity contribution in [2.75, 3.05) is 19.7 Å². The zero-order chi connectivity index (χ0) is 27.0. The number of benzene rings is 3. The highest BCUT2D eigenvalue weighted by Crippen LogP contribution is 2.48. The maximum Gasteiger partial charge on any atom is 0.267 e. The van der Waals surface area contributed by atoms with E-state index in [2.05, 4.69) is 18.7 Å². The number of allylic oxidation sites excluding steroid dienone is 1. The van der Waals surface area contributed by atoms with Crippen molar-refractivity contribution in [3.8, 4) is 23.0 Å². The molecule has 200 valence electrons. The number of phenolic OH excluding ortho intramolecular Hbond substituents is 2. The SMILES string of the molecule is CC1=C(c2ccc(O)c(C(F)F)c2)C(c2ccc(OC[C@H](C)N3CC[C@@H](C)C3)cc2)Oc2ccc(O)cc21. The molecule has 3 atom stereocenters. The van der Waals surface area contributed by atoms with E-state index in [1.165, 1.54) is 18.6 Å². The zero-order valence-electron chi connectivity index (χ0n) is 21.8. The fourth-order valence-electron chi connectivity index (χ4n) is 5.37. The minimum absolute atomic E-state index is 0.0857. The molecule has 1 saturated heterocycles. The summed E-state index contributed by atoms with van der Waals surface area (Å²) in [6.07, 6.45) is -2.18. The van der Waals surface area contributed by atoms with Gasteiger partial charge < -0.3 is 19.7 Å². The molecule has 0 aliphatic carbocycles. The normalized spacial score (nSPS) is 20.4. The standard InChI is InChI=1S/C31H33F2NO4/c1-18-12-13-34(16-18)19(2)17-37-24-8-4-21(5-9-24)30-29(22-6-10-27(36)26(14-22)31(32)33)20(3)25-15-23(35)7-11-28(25)38-30/h4-11,14-15,18-19,30-31,35-36H,12-13,16-17H2,1-3H3/t18-,19+,30?/m1/s1. The molecule has 0 radical (unpaired) electrons. The Morgan fingerprint density at radius 2 is 1.82 bits per heavy atom. The van der Waals surface area contributed by atoms with Crippen molar-refractivity contribution in [3.63, 3.8) is 0 Å². The molecule has 5 nitrogen and oxygen atoms in total. The topological polar surface area (TPSA) is 62.2 Å². The Bertz CT molecular complexity index is 1340. The van der Waals surface area contributed by atoms with Crippen molar-refractivity contribution in [2.45, 2.75) is 45.8 Å². The summed E-state index contributed by atoms with van der Waals surface area (Å²) in [5.41, 5.74) is 3.09. The first-order chi connectivity index (χ1) is 18.2. The number of rotatable bonds is 7. The number of nitrogens with zero attached hydrogens (tertiary/aromatic N) is 1. The molecule has 0 spiro atoms. The van der Waals surface area contributed by atoms with Crippen LogP contribution in [-0.4, -0.2) is 40.9 Å². The summed E-state index contributed by atoms with van der Waals surface area (Å²) in [6, 6.07) is 17.1. The Kier molecular flexibility index (Phi) is 7.30. The number of halogens is 2. The number of fused-ring (bicyclic) bond motifs is 1. The molecule has 0 bridgehead atoms. The van der Waals surface area contributed by atoms with E-state index >= 15 is 0 Å². The summed E-state index contributed by atoms with van der Waals surface area (Å²) in [5, 5.41) is 20.0. The van der Waals surface area contributed by atoms with Gasteiger partial charge in [0, 0.05) is 23.7 Å². The van der Waals surface area contributed by atoms with E-state index in [1.54, 1.807) is 24.3 Å². The first-order valence-corrected chi connectivity index (χ1v) is 13.0. The highest BCUT2D eigenvalue weighted by molar-refractivity contribution is 5.96. The average Bonchev–Trinajstić information content (AvgIpc) is 3.34. The van der Waals surface area contributed by atoms with Gasteiger partial charge in [-0.2, -0.15) is 0 Å². The second-order valence-electron chi connectivity index (χ2n) is 10.4. The highest BCUT2D eigenvalue weighted by atomic mass is 19.3. The van der Waals surface area contributed by atoms with Gasteiger partial charge in [0.25, 0.3) is 6.43 Å². The van der Waals surface area contributed by atoms with Crippen LogP contribution in [0.4, 0.5) is 8.78 Å². The molecule has 0 amide bonds. The fourth-order valence-corrected chi connectivity index (χ4v) is 5.37. The van der Waals surface area contributed by atoms with Gasteiger partial charge in [0.15, 0.2) is 0 Å². The molecule has 38 heavy (non-hydrogen) atoms. The molecule has 0 saturated carbocycles. The molecule has 0 aromatic heterocycles. The number of phenols is 2. The van der Waals surface area contributed by atoms with Crippen molar-refractivity contribution in [2.24, 2.45) is 5.92 Å². The summed E-state index contributed by atoms with van der Waals surface area (Å²) in [5.74, 6) is 1.70. The predicted molar refractivity (Wildman–Crippen MR) is 144 cm³/mol. The van der Waals surface area contributed by atoms with Crippen LogP contribution in [0.5, 0.6) is 23.0 Å². The third-order valence-electron chi connectivity index (χ3n) is 7.60. The Labute approximate surface area is 221 Å². The fraction of sp³-hybridized carbons (Fsp3) is 0.355. The van der Waals surface area contributed by atoms with E-state index in [9.17, 15) is 19.0 Å². The molecule has 3 aromatic rings. The lowest BCUT2D eigenvalue weighted by molar-refractivity contribution is 0.147. The average molecular weight is 522 g/mol. The molecule has 2 N–H and O–H groups in total. The van der Waals surface area contributed by atoms with Gasteiger partial charge in [-0.05, 0) is 91.9 Å². The molecule has 3 aromatic carbocycles.